The number of hydrogen-bond acceptors (Lipinski definition) is 6. The number of ether oxygens (including phenoxy) is 3. The predicted octanol–water partition coefficient (Wildman–Crippen LogP) is 15.6. The fraction of sp³-hybridized carbons (Fsp3) is 0.611. The molecule has 0 rings (SSSR count). The van der Waals surface area contributed by atoms with E-state index in [9.17, 15) is 14.4 Å². The van der Waals surface area contributed by atoms with Crippen LogP contribution in [0, 0.1) is 0 Å². The molecule has 0 aliphatic rings. The molecular weight excluding hydrogens is 745 g/mol. The summed E-state index contributed by atoms with van der Waals surface area (Å²) in [4.78, 5) is 37.8. The Morgan fingerprint density at radius 2 is 0.617 bits per heavy atom. The summed E-state index contributed by atoms with van der Waals surface area (Å²) in [5.41, 5.74) is 0. The molecule has 0 saturated carbocycles. The molecule has 338 valence electrons. The van der Waals surface area contributed by atoms with Gasteiger partial charge in [-0.15, -0.1) is 0 Å². The second-order valence-electron chi connectivity index (χ2n) is 15.2. The molecule has 1 atom stereocenters. The van der Waals surface area contributed by atoms with Gasteiger partial charge in [-0.2, -0.15) is 0 Å². The number of unbranched alkanes of at least 4 members (excludes halogenated alkanes) is 12. The van der Waals surface area contributed by atoms with Gasteiger partial charge in [0.15, 0.2) is 6.10 Å². The van der Waals surface area contributed by atoms with Crippen LogP contribution in [0.3, 0.4) is 0 Å². The van der Waals surface area contributed by atoms with E-state index in [1.54, 1.807) is 0 Å². The minimum Gasteiger partial charge on any atom is -0.462 e. The zero-order valence-electron chi connectivity index (χ0n) is 38.4. The van der Waals surface area contributed by atoms with Crippen molar-refractivity contribution in [3.63, 3.8) is 0 Å². The summed E-state index contributed by atoms with van der Waals surface area (Å²) in [6, 6.07) is 0. The van der Waals surface area contributed by atoms with Crippen LogP contribution in [0.15, 0.2) is 109 Å². The van der Waals surface area contributed by atoms with Crippen LogP contribution in [-0.2, 0) is 28.6 Å². The molecule has 60 heavy (non-hydrogen) atoms. The lowest BCUT2D eigenvalue weighted by Gasteiger charge is -2.18. The van der Waals surface area contributed by atoms with Crippen LogP contribution >= 0.6 is 0 Å². The van der Waals surface area contributed by atoms with Gasteiger partial charge in [0.25, 0.3) is 0 Å². The molecule has 1 unspecified atom stereocenters. The van der Waals surface area contributed by atoms with E-state index in [2.05, 4.69) is 130 Å². The molecule has 0 radical (unpaired) electrons. The van der Waals surface area contributed by atoms with Gasteiger partial charge in [0.1, 0.15) is 13.2 Å². The predicted molar refractivity (Wildman–Crippen MR) is 256 cm³/mol. The fourth-order valence-electron chi connectivity index (χ4n) is 6.02. The van der Waals surface area contributed by atoms with Crippen LogP contribution in [0.1, 0.15) is 194 Å². The van der Waals surface area contributed by atoms with E-state index in [4.69, 9.17) is 14.2 Å². The topological polar surface area (TPSA) is 78.9 Å². The third kappa shape index (κ3) is 45.2. The molecule has 0 N–H and O–H groups in total. The maximum absolute atomic E-state index is 12.7. The Morgan fingerprint density at radius 1 is 0.333 bits per heavy atom. The first-order valence-electron chi connectivity index (χ1n) is 23.9. The highest BCUT2D eigenvalue weighted by Gasteiger charge is 2.19. The molecule has 6 nitrogen and oxygen atoms in total. The van der Waals surface area contributed by atoms with Gasteiger partial charge in [-0.3, -0.25) is 14.4 Å². The van der Waals surface area contributed by atoms with Gasteiger partial charge < -0.3 is 14.2 Å². The number of carbonyl (C=O) groups excluding carboxylic acids is 3. The van der Waals surface area contributed by atoms with Crippen LogP contribution in [0.2, 0.25) is 0 Å². The number of carbonyl (C=O) groups is 3. The van der Waals surface area contributed by atoms with Crippen LogP contribution < -0.4 is 0 Å². The van der Waals surface area contributed by atoms with Gasteiger partial charge in [-0.1, -0.05) is 175 Å². The average molecular weight is 831 g/mol. The van der Waals surface area contributed by atoms with Gasteiger partial charge in [0.05, 0.1) is 0 Å². The Hall–Kier alpha value is -3.93. The van der Waals surface area contributed by atoms with Crippen LogP contribution in [-0.4, -0.2) is 37.2 Å². The zero-order valence-corrected chi connectivity index (χ0v) is 38.4. The Labute approximate surface area is 368 Å². The zero-order chi connectivity index (χ0) is 43.7. The van der Waals surface area contributed by atoms with Crippen molar-refractivity contribution in [3.8, 4) is 0 Å². The highest BCUT2D eigenvalue weighted by molar-refractivity contribution is 5.71. The molecule has 0 bridgehead atoms. The molecule has 0 aromatic heterocycles. The summed E-state index contributed by atoms with van der Waals surface area (Å²) in [5, 5.41) is 0. The summed E-state index contributed by atoms with van der Waals surface area (Å²) < 4.78 is 16.6. The van der Waals surface area contributed by atoms with Crippen molar-refractivity contribution in [2.75, 3.05) is 13.2 Å². The van der Waals surface area contributed by atoms with E-state index in [0.29, 0.717) is 19.3 Å². The Kier molecular flexibility index (Phi) is 44.6. The Balaban J connectivity index is 4.44. The van der Waals surface area contributed by atoms with Gasteiger partial charge in [0, 0.05) is 19.3 Å². The molecule has 6 heteroatoms. The quantitative estimate of drug-likeness (QED) is 0.0264. The fourth-order valence-corrected chi connectivity index (χ4v) is 6.02. The number of rotatable bonds is 41. The van der Waals surface area contributed by atoms with Crippen molar-refractivity contribution in [2.24, 2.45) is 0 Å². The van der Waals surface area contributed by atoms with E-state index in [1.807, 2.05) is 0 Å². The molecule has 0 aliphatic carbocycles. The molecule has 0 fully saturated rings. The second kappa shape index (κ2) is 47.7. The lowest BCUT2D eigenvalue weighted by molar-refractivity contribution is -0.167. The minimum absolute atomic E-state index is 0.114. The van der Waals surface area contributed by atoms with Crippen molar-refractivity contribution in [1.82, 2.24) is 0 Å². The van der Waals surface area contributed by atoms with Gasteiger partial charge in [-0.25, -0.2) is 0 Å². The minimum atomic E-state index is -0.820. The third-order valence-corrected chi connectivity index (χ3v) is 9.50. The molecule has 0 heterocycles. The van der Waals surface area contributed by atoms with E-state index in [0.717, 1.165) is 103 Å². The molecule has 0 spiro atoms. The van der Waals surface area contributed by atoms with Crippen LogP contribution in [0.4, 0.5) is 0 Å². The Bertz CT molecular complexity index is 1280. The summed E-state index contributed by atoms with van der Waals surface area (Å²) in [6.07, 6.45) is 63.8. The monoisotopic (exact) mass is 831 g/mol. The van der Waals surface area contributed by atoms with Gasteiger partial charge in [-0.05, 0) is 109 Å². The molecular formula is C54H86O6. The maximum Gasteiger partial charge on any atom is 0.306 e. The lowest BCUT2D eigenvalue weighted by Crippen LogP contribution is -2.30. The van der Waals surface area contributed by atoms with Gasteiger partial charge >= 0.3 is 17.9 Å². The largest absolute Gasteiger partial charge is 0.462 e. The average Bonchev–Trinajstić information content (AvgIpc) is 3.24. The molecule has 0 aromatic rings. The number of allylic oxidation sites excluding steroid dienone is 18. The summed E-state index contributed by atoms with van der Waals surface area (Å²) >= 11 is 0. The smallest absolute Gasteiger partial charge is 0.306 e. The van der Waals surface area contributed by atoms with E-state index >= 15 is 0 Å². The second-order valence-corrected chi connectivity index (χ2v) is 15.2. The van der Waals surface area contributed by atoms with Crippen LogP contribution in [0.25, 0.3) is 0 Å². The standard InChI is InChI=1S/C54H86O6/c1-4-7-10-13-16-19-22-24-25-26-27-28-29-30-33-35-38-41-44-47-53(56)59-50-51(49-58-52(55)46-43-40-37-34-31-21-18-15-12-9-6-3)60-54(57)48-45-42-39-36-32-23-20-17-14-11-8-5-2/h7-12,16-21,24-25,32,34,36-37,51H,4-6,13-15,22-23,26-31,33,35,38-50H2,1-3H3/b10-7-,11-8-,12-9-,19-16-,20-17-,21-18-,25-24-,36-32-,37-34-. The molecule has 0 aliphatic heterocycles. The van der Waals surface area contributed by atoms with E-state index < -0.39 is 6.10 Å². The van der Waals surface area contributed by atoms with Crippen molar-refractivity contribution < 1.29 is 28.6 Å². The Morgan fingerprint density at radius 3 is 1.03 bits per heavy atom. The third-order valence-electron chi connectivity index (χ3n) is 9.50. The summed E-state index contributed by atoms with van der Waals surface area (Å²) in [7, 11) is 0. The maximum atomic E-state index is 12.7. The first-order chi connectivity index (χ1) is 29.5. The number of hydrogen-bond donors (Lipinski definition) is 0. The first kappa shape index (κ1) is 56.1. The lowest BCUT2D eigenvalue weighted by atomic mass is 10.1. The number of esters is 3. The normalized spacial score (nSPS) is 13.1. The van der Waals surface area contributed by atoms with Crippen molar-refractivity contribution in [1.29, 1.82) is 0 Å². The molecule has 0 amide bonds. The van der Waals surface area contributed by atoms with Gasteiger partial charge in [0.2, 0.25) is 0 Å². The van der Waals surface area contributed by atoms with Crippen molar-refractivity contribution in [2.45, 2.75) is 200 Å². The highest BCUT2D eigenvalue weighted by Crippen LogP contribution is 2.13. The van der Waals surface area contributed by atoms with Crippen molar-refractivity contribution >= 4 is 17.9 Å². The summed E-state index contributed by atoms with van der Waals surface area (Å²) in [6.45, 7) is 6.18. The molecule has 0 aromatic carbocycles. The summed E-state index contributed by atoms with van der Waals surface area (Å²) in [5.74, 6) is -1.03. The first-order valence-corrected chi connectivity index (χ1v) is 23.9. The van der Waals surface area contributed by atoms with Crippen LogP contribution in [0.5, 0.6) is 0 Å². The van der Waals surface area contributed by atoms with E-state index in [1.165, 1.54) is 38.5 Å². The molecule has 0 saturated heterocycles. The highest BCUT2D eigenvalue weighted by atomic mass is 16.6. The SMILES string of the molecule is CC/C=C\C/C=C\C/C=C\CCCCCCCCCCCC(=O)OCC(COC(=O)CCC/C=C\C/C=C\C/C=C\CC)OC(=O)CCCC/C=C\C/C=C\C/C=C\CC. The van der Waals surface area contributed by atoms with Crippen molar-refractivity contribution in [3.05, 3.63) is 109 Å². The van der Waals surface area contributed by atoms with E-state index in [-0.39, 0.29) is 44.0 Å².